The van der Waals surface area contributed by atoms with E-state index in [-0.39, 0.29) is 11.9 Å². The number of hydrogen-bond donors (Lipinski definition) is 2. The third-order valence-electron chi connectivity index (χ3n) is 8.37. The summed E-state index contributed by atoms with van der Waals surface area (Å²) < 4.78 is 5.36. The van der Waals surface area contributed by atoms with Crippen LogP contribution in [0.4, 0.5) is 4.79 Å². The Bertz CT molecular complexity index is 722. The predicted molar refractivity (Wildman–Crippen MR) is 130 cm³/mol. The molecule has 2 heterocycles. The molecule has 34 heavy (non-hydrogen) atoms. The van der Waals surface area contributed by atoms with Crippen molar-refractivity contribution in [2.45, 2.75) is 88.6 Å². The second kappa shape index (κ2) is 12.2. The van der Waals surface area contributed by atoms with Gasteiger partial charge in [-0.2, -0.15) is 5.26 Å². The van der Waals surface area contributed by atoms with Crippen molar-refractivity contribution >= 4 is 11.9 Å². The van der Waals surface area contributed by atoms with Crippen LogP contribution in [0.25, 0.3) is 0 Å². The maximum atomic E-state index is 13.5. The number of ether oxygens (including phenoxy) is 1. The minimum atomic E-state index is -0.861. The second-order valence-electron chi connectivity index (χ2n) is 11.0. The topological polar surface area (TPSA) is 97.7 Å². The van der Waals surface area contributed by atoms with Gasteiger partial charge < -0.3 is 20.3 Å². The Kier molecular flexibility index (Phi) is 9.07. The van der Waals surface area contributed by atoms with Crippen LogP contribution in [0.3, 0.4) is 0 Å². The van der Waals surface area contributed by atoms with Gasteiger partial charge in [0, 0.05) is 32.7 Å². The number of carbonyl (C=O) groups excluding carboxylic acids is 2. The van der Waals surface area contributed by atoms with Crippen LogP contribution in [0.2, 0.25) is 0 Å². The number of urea groups is 1. The fourth-order valence-electron chi connectivity index (χ4n) is 6.32. The minimum absolute atomic E-state index is 0.199. The summed E-state index contributed by atoms with van der Waals surface area (Å²) in [7, 11) is 0. The Morgan fingerprint density at radius 2 is 1.62 bits per heavy atom. The van der Waals surface area contributed by atoms with Crippen molar-refractivity contribution in [2.75, 3.05) is 45.9 Å². The Balaban J connectivity index is 1.37. The number of nitrogens with one attached hydrogen (secondary N) is 2. The highest BCUT2D eigenvalue weighted by molar-refractivity contribution is 5.88. The molecule has 2 saturated heterocycles. The molecule has 8 nitrogen and oxygen atoms in total. The van der Waals surface area contributed by atoms with E-state index in [2.05, 4.69) is 21.6 Å². The lowest BCUT2D eigenvalue weighted by molar-refractivity contribution is -0.124. The molecule has 4 fully saturated rings. The standard InChI is InChI=1S/C26H43N5O3/c27-19-26(11-12-30(20-26)18-22-9-5-2-6-10-22)29-24(32)23(17-21-7-3-1-4-8-21)28-25(33)31-13-15-34-16-14-31/h21-23H,1-18,20H2,(H,28,33)(H,29,32). The average Bonchev–Trinajstić information content (AvgIpc) is 3.28. The van der Waals surface area contributed by atoms with Crippen LogP contribution < -0.4 is 10.6 Å². The number of nitrogens with zero attached hydrogens (tertiary/aromatic N) is 3. The van der Waals surface area contributed by atoms with E-state index in [0.29, 0.717) is 57.5 Å². The molecular formula is C26H43N5O3. The highest BCUT2D eigenvalue weighted by atomic mass is 16.5. The van der Waals surface area contributed by atoms with Gasteiger partial charge in [0.1, 0.15) is 11.6 Å². The van der Waals surface area contributed by atoms with E-state index < -0.39 is 11.6 Å². The first-order chi connectivity index (χ1) is 16.6. The molecule has 2 saturated carbocycles. The maximum Gasteiger partial charge on any atom is 0.318 e. The van der Waals surface area contributed by atoms with Crippen LogP contribution in [0.15, 0.2) is 0 Å². The second-order valence-corrected chi connectivity index (χ2v) is 11.0. The van der Waals surface area contributed by atoms with E-state index in [4.69, 9.17) is 4.74 Å². The third kappa shape index (κ3) is 6.85. The van der Waals surface area contributed by atoms with Crippen LogP contribution in [0, 0.1) is 23.2 Å². The summed E-state index contributed by atoms with van der Waals surface area (Å²) in [5.41, 5.74) is -0.861. The van der Waals surface area contributed by atoms with Crippen molar-refractivity contribution in [1.29, 1.82) is 5.26 Å². The zero-order valence-electron chi connectivity index (χ0n) is 20.7. The molecule has 4 rings (SSSR count). The molecule has 0 bridgehead atoms. The number of morpholine rings is 1. The van der Waals surface area contributed by atoms with Gasteiger partial charge in [0.25, 0.3) is 0 Å². The van der Waals surface area contributed by atoms with E-state index in [1.165, 1.54) is 51.4 Å². The van der Waals surface area contributed by atoms with Crippen LogP contribution in [0.1, 0.15) is 77.0 Å². The molecule has 2 aliphatic heterocycles. The summed E-state index contributed by atoms with van der Waals surface area (Å²) >= 11 is 0. The lowest BCUT2D eigenvalue weighted by Crippen LogP contribution is -2.58. The van der Waals surface area contributed by atoms with Crippen LogP contribution in [0.5, 0.6) is 0 Å². The average molecular weight is 474 g/mol. The van der Waals surface area contributed by atoms with Gasteiger partial charge in [-0.05, 0) is 37.5 Å². The first-order valence-electron chi connectivity index (χ1n) is 13.7. The van der Waals surface area contributed by atoms with Crippen LogP contribution in [-0.2, 0) is 9.53 Å². The molecule has 190 valence electrons. The number of nitriles is 1. The van der Waals surface area contributed by atoms with Crippen LogP contribution >= 0.6 is 0 Å². The predicted octanol–water partition coefficient (Wildman–Crippen LogP) is 3.03. The molecule has 0 aromatic rings. The zero-order valence-corrected chi connectivity index (χ0v) is 20.7. The van der Waals surface area contributed by atoms with Gasteiger partial charge in [-0.25, -0.2) is 4.79 Å². The van der Waals surface area contributed by atoms with E-state index in [9.17, 15) is 14.9 Å². The summed E-state index contributed by atoms with van der Waals surface area (Å²) in [5.74, 6) is 0.956. The molecular weight excluding hydrogens is 430 g/mol. The first kappa shape index (κ1) is 25.2. The van der Waals surface area contributed by atoms with Gasteiger partial charge in [-0.3, -0.25) is 9.69 Å². The van der Waals surface area contributed by atoms with Crippen molar-refractivity contribution in [3.05, 3.63) is 0 Å². The number of amides is 3. The lowest BCUT2D eigenvalue weighted by Gasteiger charge is -2.33. The van der Waals surface area contributed by atoms with Gasteiger partial charge in [-0.1, -0.05) is 51.4 Å². The smallest absolute Gasteiger partial charge is 0.318 e. The van der Waals surface area contributed by atoms with Crippen molar-refractivity contribution in [3.8, 4) is 6.07 Å². The summed E-state index contributed by atoms with van der Waals surface area (Å²) in [6.07, 6.45) is 13.7. The monoisotopic (exact) mass is 473 g/mol. The largest absolute Gasteiger partial charge is 0.378 e. The van der Waals surface area contributed by atoms with Gasteiger partial charge in [0.2, 0.25) is 5.91 Å². The fraction of sp³-hybridized carbons (Fsp3) is 0.885. The summed E-state index contributed by atoms with van der Waals surface area (Å²) in [6, 6.07) is 1.64. The number of hydrogen-bond acceptors (Lipinski definition) is 5. The Labute approximate surface area is 204 Å². The molecule has 0 radical (unpaired) electrons. The molecule has 2 unspecified atom stereocenters. The van der Waals surface area contributed by atoms with E-state index >= 15 is 0 Å². The highest BCUT2D eigenvalue weighted by Crippen LogP contribution is 2.30. The van der Waals surface area contributed by atoms with E-state index in [0.717, 1.165) is 25.9 Å². The quantitative estimate of drug-likeness (QED) is 0.592. The van der Waals surface area contributed by atoms with Gasteiger partial charge in [-0.15, -0.1) is 0 Å². The molecule has 4 aliphatic rings. The molecule has 2 aliphatic carbocycles. The molecule has 3 amide bonds. The fourth-order valence-corrected chi connectivity index (χ4v) is 6.32. The SMILES string of the molecule is N#CC1(NC(=O)C(CC2CCCCC2)NC(=O)N2CCOCC2)CCN(CC2CCCCC2)C1. The van der Waals surface area contributed by atoms with Crippen LogP contribution in [-0.4, -0.2) is 79.3 Å². The van der Waals surface area contributed by atoms with Gasteiger partial charge >= 0.3 is 6.03 Å². The number of carbonyl (C=O) groups is 2. The van der Waals surface area contributed by atoms with Crippen molar-refractivity contribution in [3.63, 3.8) is 0 Å². The van der Waals surface area contributed by atoms with E-state index in [1.54, 1.807) is 4.90 Å². The molecule has 2 N–H and O–H groups in total. The Morgan fingerprint density at radius 1 is 0.971 bits per heavy atom. The van der Waals surface area contributed by atoms with Crippen molar-refractivity contribution < 1.29 is 14.3 Å². The van der Waals surface area contributed by atoms with Gasteiger partial charge in [0.05, 0.1) is 19.3 Å². The molecule has 0 aromatic heterocycles. The highest BCUT2D eigenvalue weighted by Gasteiger charge is 2.42. The van der Waals surface area contributed by atoms with Crippen molar-refractivity contribution in [2.24, 2.45) is 11.8 Å². The summed E-state index contributed by atoms with van der Waals surface area (Å²) in [6.45, 7) is 4.60. The number of rotatable bonds is 7. The molecule has 8 heteroatoms. The van der Waals surface area contributed by atoms with Gasteiger partial charge in [0.15, 0.2) is 0 Å². The maximum absolute atomic E-state index is 13.5. The summed E-state index contributed by atoms with van der Waals surface area (Å²) in [4.78, 5) is 30.5. The van der Waals surface area contributed by atoms with E-state index in [1.807, 2.05) is 0 Å². The molecule has 2 atom stereocenters. The molecule has 0 aromatic carbocycles. The lowest BCUT2D eigenvalue weighted by atomic mass is 9.84. The third-order valence-corrected chi connectivity index (χ3v) is 8.37. The zero-order chi connectivity index (χ0) is 23.8. The first-order valence-corrected chi connectivity index (χ1v) is 13.7. The molecule has 0 spiro atoms. The van der Waals surface area contributed by atoms with Crippen molar-refractivity contribution in [1.82, 2.24) is 20.4 Å². The minimum Gasteiger partial charge on any atom is -0.378 e. The Morgan fingerprint density at radius 3 is 2.26 bits per heavy atom. The number of likely N-dealkylation sites (tertiary alicyclic amines) is 1. The summed E-state index contributed by atoms with van der Waals surface area (Å²) in [5, 5.41) is 16.2. The Hall–Kier alpha value is -1.85. The normalized spacial score (nSPS) is 28.3.